The number of halogens is 1. The van der Waals surface area contributed by atoms with Gasteiger partial charge in [-0.15, -0.1) is 0 Å². The Balaban J connectivity index is 2.06. The average Bonchev–Trinajstić information content (AvgIpc) is 2.79. The van der Waals surface area contributed by atoms with Crippen LogP contribution in [0.2, 0.25) is 5.02 Å². The number of ether oxygens (including phenoxy) is 1. The van der Waals surface area contributed by atoms with E-state index < -0.39 is 5.97 Å². The Hall–Kier alpha value is -1.94. The van der Waals surface area contributed by atoms with Crippen LogP contribution in [0.25, 0.3) is 0 Å². The van der Waals surface area contributed by atoms with Crippen LogP contribution < -0.4 is 4.74 Å². The summed E-state index contributed by atoms with van der Waals surface area (Å²) in [7, 11) is 0. The van der Waals surface area contributed by atoms with Gasteiger partial charge in [0.25, 0.3) is 0 Å². The minimum atomic E-state index is -1.02. The predicted molar refractivity (Wildman–Crippen MR) is 66.2 cm³/mol. The summed E-state index contributed by atoms with van der Waals surface area (Å²) in [6, 6.07) is 6.77. The Morgan fingerprint density at radius 2 is 2.22 bits per heavy atom. The van der Waals surface area contributed by atoms with E-state index in [2.05, 4.69) is 0 Å². The van der Waals surface area contributed by atoms with Gasteiger partial charge < -0.3 is 14.3 Å². The van der Waals surface area contributed by atoms with Crippen molar-refractivity contribution in [1.29, 1.82) is 0 Å². The van der Waals surface area contributed by atoms with Gasteiger partial charge in [-0.2, -0.15) is 0 Å². The lowest BCUT2D eigenvalue weighted by Gasteiger charge is -2.07. The highest BCUT2D eigenvalue weighted by molar-refractivity contribution is 6.30. The maximum Gasteiger partial charge on any atom is 0.338 e. The highest BCUT2D eigenvalue weighted by atomic mass is 35.5. The largest absolute Gasteiger partial charge is 0.485 e. The molecule has 2 rings (SSSR count). The third-order valence-corrected chi connectivity index (χ3v) is 2.66. The van der Waals surface area contributed by atoms with E-state index in [1.807, 2.05) is 13.0 Å². The number of furan rings is 1. The fourth-order valence-corrected chi connectivity index (χ4v) is 1.61. The minimum Gasteiger partial charge on any atom is -0.485 e. The first kappa shape index (κ1) is 12.5. The third kappa shape index (κ3) is 2.84. The molecule has 1 aromatic carbocycles. The van der Waals surface area contributed by atoms with Crippen LogP contribution in [0.15, 0.2) is 34.9 Å². The van der Waals surface area contributed by atoms with Crippen LogP contribution in [-0.2, 0) is 6.61 Å². The first-order valence-corrected chi connectivity index (χ1v) is 5.63. The quantitative estimate of drug-likeness (QED) is 0.920. The van der Waals surface area contributed by atoms with Gasteiger partial charge in [-0.25, -0.2) is 4.79 Å². The highest BCUT2D eigenvalue weighted by Gasteiger charge is 2.09. The Morgan fingerprint density at radius 1 is 1.44 bits per heavy atom. The van der Waals surface area contributed by atoms with Crippen LogP contribution in [-0.4, -0.2) is 11.1 Å². The summed E-state index contributed by atoms with van der Waals surface area (Å²) in [5.74, 6) is 0.0755. The lowest BCUT2D eigenvalue weighted by Crippen LogP contribution is -1.96. The van der Waals surface area contributed by atoms with E-state index in [4.69, 9.17) is 25.9 Å². The Bertz CT molecular complexity index is 574. The van der Waals surface area contributed by atoms with Gasteiger partial charge in [-0.05, 0) is 30.7 Å². The SMILES string of the molecule is Cc1ccc(Cl)cc1OCc1cc(C(=O)O)co1. The van der Waals surface area contributed by atoms with Gasteiger partial charge in [0.15, 0.2) is 0 Å². The van der Waals surface area contributed by atoms with Crippen LogP contribution in [0.5, 0.6) is 5.75 Å². The molecule has 0 saturated heterocycles. The first-order valence-electron chi connectivity index (χ1n) is 5.26. The van der Waals surface area contributed by atoms with Crippen LogP contribution in [0, 0.1) is 6.92 Å². The summed E-state index contributed by atoms with van der Waals surface area (Å²) in [5, 5.41) is 9.33. The summed E-state index contributed by atoms with van der Waals surface area (Å²) in [6.07, 6.45) is 1.19. The maximum atomic E-state index is 10.7. The number of hydrogen-bond donors (Lipinski definition) is 1. The third-order valence-electron chi connectivity index (χ3n) is 2.42. The molecule has 5 heteroatoms. The zero-order valence-corrected chi connectivity index (χ0v) is 10.4. The molecular weight excluding hydrogens is 256 g/mol. The molecule has 0 saturated carbocycles. The molecule has 0 spiro atoms. The van der Waals surface area contributed by atoms with Crippen molar-refractivity contribution in [2.75, 3.05) is 0 Å². The Kier molecular flexibility index (Phi) is 3.58. The number of aromatic carboxylic acids is 1. The second kappa shape index (κ2) is 5.14. The summed E-state index contributed by atoms with van der Waals surface area (Å²) < 4.78 is 10.6. The molecule has 1 aromatic heterocycles. The molecular formula is C13H11ClO4. The van der Waals surface area contributed by atoms with Crippen molar-refractivity contribution in [2.45, 2.75) is 13.5 Å². The topological polar surface area (TPSA) is 59.7 Å². The zero-order chi connectivity index (χ0) is 13.1. The van der Waals surface area contributed by atoms with Crippen LogP contribution in [0.1, 0.15) is 21.7 Å². The number of rotatable bonds is 4. The number of aryl methyl sites for hydroxylation is 1. The van der Waals surface area contributed by atoms with Crippen molar-refractivity contribution in [2.24, 2.45) is 0 Å². The average molecular weight is 267 g/mol. The van der Waals surface area contributed by atoms with E-state index in [0.29, 0.717) is 16.5 Å². The molecule has 0 atom stereocenters. The van der Waals surface area contributed by atoms with Crippen LogP contribution in [0.4, 0.5) is 0 Å². The smallest absolute Gasteiger partial charge is 0.338 e. The molecule has 0 fully saturated rings. The van der Waals surface area contributed by atoms with E-state index in [1.165, 1.54) is 12.3 Å². The maximum absolute atomic E-state index is 10.7. The Labute approximate surface area is 109 Å². The van der Waals surface area contributed by atoms with Gasteiger partial charge in [0.05, 0.1) is 5.56 Å². The molecule has 0 amide bonds. The number of carboxylic acids is 1. The molecule has 1 heterocycles. The molecule has 0 radical (unpaired) electrons. The summed E-state index contributed by atoms with van der Waals surface area (Å²) in [6.45, 7) is 2.06. The second-order valence-corrected chi connectivity index (χ2v) is 4.24. The van der Waals surface area contributed by atoms with E-state index in [1.54, 1.807) is 12.1 Å². The fraction of sp³-hybridized carbons (Fsp3) is 0.154. The first-order chi connectivity index (χ1) is 8.56. The van der Waals surface area contributed by atoms with E-state index in [-0.39, 0.29) is 12.2 Å². The molecule has 0 aliphatic rings. The van der Waals surface area contributed by atoms with Gasteiger partial charge in [0.2, 0.25) is 0 Å². The summed E-state index contributed by atoms with van der Waals surface area (Å²) >= 11 is 5.86. The number of carboxylic acid groups (broad SMARTS) is 1. The van der Waals surface area contributed by atoms with E-state index >= 15 is 0 Å². The van der Waals surface area contributed by atoms with Crippen molar-refractivity contribution in [3.8, 4) is 5.75 Å². The van der Waals surface area contributed by atoms with Gasteiger partial charge in [0.1, 0.15) is 24.4 Å². The number of benzene rings is 1. The summed E-state index contributed by atoms with van der Waals surface area (Å²) in [5.41, 5.74) is 1.06. The molecule has 1 N–H and O–H groups in total. The van der Waals surface area contributed by atoms with E-state index in [0.717, 1.165) is 5.56 Å². The predicted octanol–water partition coefficient (Wildman–Crippen LogP) is 3.52. The van der Waals surface area contributed by atoms with Gasteiger partial charge in [-0.3, -0.25) is 0 Å². The fourth-order valence-electron chi connectivity index (χ4n) is 1.45. The van der Waals surface area contributed by atoms with Crippen molar-refractivity contribution in [3.05, 3.63) is 52.4 Å². The van der Waals surface area contributed by atoms with Crippen LogP contribution >= 0.6 is 11.6 Å². The number of carbonyl (C=O) groups is 1. The second-order valence-electron chi connectivity index (χ2n) is 3.81. The molecule has 0 bridgehead atoms. The van der Waals surface area contributed by atoms with Crippen molar-refractivity contribution in [1.82, 2.24) is 0 Å². The van der Waals surface area contributed by atoms with Gasteiger partial charge in [-0.1, -0.05) is 17.7 Å². The highest BCUT2D eigenvalue weighted by Crippen LogP contribution is 2.23. The standard InChI is InChI=1S/C13H11ClO4/c1-8-2-3-10(14)5-12(8)18-7-11-4-9(6-17-11)13(15)16/h2-6H,7H2,1H3,(H,15,16). The molecule has 0 aliphatic heterocycles. The zero-order valence-electron chi connectivity index (χ0n) is 9.64. The van der Waals surface area contributed by atoms with Crippen molar-refractivity contribution < 1.29 is 19.1 Å². The lowest BCUT2D eigenvalue weighted by atomic mass is 10.2. The molecule has 94 valence electrons. The van der Waals surface area contributed by atoms with Gasteiger partial charge in [0, 0.05) is 5.02 Å². The van der Waals surface area contributed by atoms with Gasteiger partial charge >= 0.3 is 5.97 Å². The molecule has 18 heavy (non-hydrogen) atoms. The Morgan fingerprint density at radius 3 is 2.89 bits per heavy atom. The normalized spacial score (nSPS) is 10.3. The van der Waals surface area contributed by atoms with Crippen LogP contribution in [0.3, 0.4) is 0 Å². The number of hydrogen-bond acceptors (Lipinski definition) is 3. The van der Waals surface area contributed by atoms with Crippen molar-refractivity contribution in [3.63, 3.8) is 0 Å². The molecule has 0 unspecified atom stereocenters. The van der Waals surface area contributed by atoms with Crippen molar-refractivity contribution >= 4 is 17.6 Å². The minimum absolute atomic E-state index is 0.108. The molecule has 2 aromatic rings. The summed E-state index contributed by atoms with van der Waals surface area (Å²) in [4.78, 5) is 10.7. The lowest BCUT2D eigenvalue weighted by molar-refractivity contribution is 0.0696. The molecule has 4 nitrogen and oxygen atoms in total. The molecule has 0 aliphatic carbocycles. The van der Waals surface area contributed by atoms with E-state index in [9.17, 15) is 4.79 Å². The monoisotopic (exact) mass is 266 g/mol.